The van der Waals surface area contributed by atoms with E-state index in [0.29, 0.717) is 17.7 Å². The molecule has 1 atom stereocenters. The van der Waals surface area contributed by atoms with E-state index >= 15 is 0 Å². The highest BCUT2D eigenvalue weighted by Crippen LogP contribution is 2.37. The summed E-state index contributed by atoms with van der Waals surface area (Å²) < 4.78 is 39.3. The van der Waals surface area contributed by atoms with Gasteiger partial charge in [0, 0.05) is 6.42 Å². The van der Waals surface area contributed by atoms with Gasteiger partial charge >= 0.3 is 6.18 Å². The summed E-state index contributed by atoms with van der Waals surface area (Å²) in [7, 11) is 0. The predicted molar refractivity (Wildman–Crippen MR) is 101 cm³/mol. The molecule has 136 valence electrons. The molecule has 0 radical (unpaired) electrons. The van der Waals surface area contributed by atoms with Gasteiger partial charge in [-0.2, -0.15) is 18.3 Å². The molecule has 0 spiro atoms. The van der Waals surface area contributed by atoms with Crippen LogP contribution < -0.4 is 5.01 Å². The number of benzene rings is 3. The van der Waals surface area contributed by atoms with Crippen molar-refractivity contribution >= 4 is 11.4 Å². The smallest absolute Gasteiger partial charge is 0.257 e. The van der Waals surface area contributed by atoms with Crippen LogP contribution in [0.3, 0.4) is 0 Å². The average Bonchev–Trinajstić information content (AvgIpc) is 3.14. The summed E-state index contributed by atoms with van der Waals surface area (Å²) in [6.07, 6.45) is -3.83. The van der Waals surface area contributed by atoms with Crippen molar-refractivity contribution in [3.05, 3.63) is 102 Å². The molecule has 3 aromatic carbocycles. The highest BCUT2D eigenvalue weighted by Gasteiger charge is 2.33. The van der Waals surface area contributed by atoms with Crippen LogP contribution in [0.4, 0.5) is 18.9 Å². The molecule has 1 heterocycles. The highest BCUT2D eigenvalue weighted by atomic mass is 19.4. The van der Waals surface area contributed by atoms with E-state index in [1.54, 1.807) is 6.07 Å². The molecule has 0 amide bonds. The molecule has 2 nitrogen and oxygen atoms in total. The van der Waals surface area contributed by atoms with Crippen molar-refractivity contribution in [1.29, 1.82) is 0 Å². The van der Waals surface area contributed by atoms with Crippen molar-refractivity contribution < 1.29 is 13.2 Å². The van der Waals surface area contributed by atoms with Gasteiger partial charge in [-0.1, -0.05) is 60.7 Å². The van der Waals surface area contributed by atoms with Crippen molar-refractivity contribution in [1.82, 2.24) is 0 Å². The van der Waals surface area contributed by atoms with Gasteiger partial charge in [0.1, 0.15) is 0 Å². The van der Waals surface area contributed by atoms with Crippen LogP contribution in [0.15, 0.2) is 90.0 Å². The van der Waals surface area contributed by atoms with E-state index < -0.39 is 11.7 Å². The first kappa shape index (κ1) is 17.3. The highest BCUT2D eigenvalue weighted by molar-refractivity contribution is 6.03. The fraction of sp³-hybridized carbons (Fsp3) is 0.136. The first-order chi connectivity index (χ1) is 13.0. The van der Waals surface area contributed by atoms with Gasteiger partial charge in [-0.25, -0.2) is 0 Å². The standard InChI is InChI=1S/C22H17F3N2/c23-22(24,25)18-11-7-10-17(14-18)20-15-21(16-8-3-1-4-9-16)27(26-20)19-12-5-2-6-13-19/h1-14,21H,15H2. The van der Waals surface area contributed by atoms with Gasteiger partial charge in [0.15, 0.2) is 0 Å². The van der Waals surface area contributed by atoms with Crippen molar-refractivity contribution in [2.45, 2.75) is 18.6 Å². The lowest BCUT2D eigenvalue weighted by Crippen LogP contribution is -2.18. The topological polar surface area (TPSA) is 15.6 Å². The van der Waals surface area contributed by atoms with Crippen LogP contribution in [0.5, 0.6) is 0 Å². The molecule has 0 N–H and O–H groups in total. The number of nitrogens with zero attached hydrogens (tertiary/aromatic N) is 2. The second kappa shape index (κ2) is 6.91. The van der Waals surface area contributed by atoms with Gasteiger partial charge in [0.2, 0.25) is 0 Å². The van der Waals surface area contributed by atoms with Crippen LogP contribution in [0.1, 0.15) is 29.2 Å². The maximum absolute atomic E-state index is 13.1. The third-order valence-electron chi connectivity index (χ3n) is 4.64. The number of para-hydroxylation sites is 1. The Morgan fingerprint density at radius 3 is 2.15 bits per heavy atom. The van der Waals surface area contributed by atoms with E-state index in [9.17, 15) is 13.2 Å². The van der Waals surface area contributed by atoms with Crippen molar-refractivity contribution in [2.75, 3.05) is 5.01 Å². The normalized spacial score (nSPS) is 17.1. The van der Waals surface area contributed by atoms with Gasteiger partial charge in [-0.05, 0) is 35.4 Å². The van der Waals surface area contributed by atoms with Crippen LogP contribution in [-0.2, 0) is 6.18 Å². The Labute approximate surface area is 155 Å². The second-order valence-corrected chi connectivity index (χ2v) is 6.44. The Morgan fingerprint density at radius 2 is 1.48 bits per heavy atom. The van der Waals surface area contributed by atoms with Gasteiger partial charge < -0.3 is 0 Å². The Balaban J connectivity index is 1.74. The van der Waals surface area contributed by atoms with E-state index in [0.717, 1.165) is 17.3 Å². The molecule has 0 fully saturated rings. The van der Waals surface area contributed by atoms with Crippen LogP contribution in [-0.4, -0.2) is 5.71 Å². The summed E-state index contributed by atoms with van der Waals surface area (Å²) in [5.41, 5.74) is 2.49. The largest absolute Gasteiger partial charge is 0.416 e. The molecule has 27 heavy (non-hydrogen) atoms. The van der Waals surface area contributed by atoms with Crippen LogP contribution >= 0.6 is 0 Å². The molecule has 0 saturated carbocycles. The minimum Gasteiger partial charge on any atom is -0.257 e. The monoisotopic (exact) mass is 366 g/mol. The Morgan fingerprint density at radius 1 is 0.815 bits per heavy atom. The number of halogens is 3. The zero-order valence-electron chi connectivity index (χ0n) is 14.4. The minimum atomic E-state index is -4.37. The van der Waals surface area contributed by atoms with Crippen molar-refractivity contribution in [3.63, 3.8) is 0 Å². The summed E-state index contributed by atoms with van der Waals surface area (Å²) in [5.74, 6) is 0. The number of hydrogen-bond acceptors (Lipinski definition) is 2. The first-order valence-corrected chi connectivity index (χ1v) is 8.67. The van der Waals surface area contributed by atoms with Gasteiger partial charge in [-0.15, -0.1) is 0 Å². The number of rotatable bonds is 3. The van der Waals surface area contributed by atoms with E-state index in [2.05, 4.69) is 0 Å². The minimum absolute atomic E-state index is 0.0573. The molecule has 4 rings (SSSR count). The molecule has 1 aliphatic rings. The molecular weight excluding hydrogens is 349 g/mol. The SMILES string of the molecule is FC(F)(F)c1cccc(C2=NN(c3ccccc3)C(c3ccccc3)C2)c1. The Bertz CT molecular complexity index is 950. The molecule has 0 aromatic heterocycles. The third kappa shape index (κ3) is 3.58. The second-order valence-electron chi connectivity index (χ2n) is 6.44. The van der Waals surface area contributed by atoms with E-state index in [1.807, 2.05) is 65.7 Å². The summed E-state index contributed by atoms with van der Waals surface area (Å²) in [4.78, 5) is 0. The summed E-state index contributed by atoms with van der Waals surface area (Å²) >= 11 is 0. The lowest BCUT2D eigenvalue weighted by molar-refractivity contribution is -0.137. The molecule has 5 heteroatoms. The van der Waals surface area contributed by atoms with E-state index in [1.165, 1.54) is 12.1 Å². The third-order valence-corrected chi connectivity index (χ3v) is 4.64. The van der Waals surface area contributed by atoms with E-state index in [-0.39, 0.29) is 6.04 Å². The molecule has 0 bridgehead atoms. The molecule has 1 unspecified atom stereocenters. The summed E-state index contributed by atoms with van der Waals surface area (Å²) in [5, 5.41) is 6.59. The molecule has 0 saturated heterocycles. The predicted octanol–water partition coefficient (Wildman–Crippen LogP) is 6.06. The van der Waals surface area contributed by atoms with Gasteiger partial charge in [0.05, 0.1) is 23.0 Å². The van der Waals surface area contributed by atoms with Gasteiger partial charge in [-0.3, -0.25) is 5.01 Å². The van der Waals surface area contributed by atoms with Crippen LogP contribution in [0, 0.1) is 0 Å². The number of hydrogen-bond donors (Lipinski definition) is 0. The Hall–Kier alpha value is -3.08. The summed E-state index contributed by atoms with van der Waals surface area (Å²) in [6, 6.07) is 24.9. The molecule has 1 aliphatic heterocycles. The number of hydrazone groups is 1. The lowest BCUT2D eigenvalue weighted by atomic mass is 9.97. The molecular formula is C22H17F3N2. The zero-order valence-corrected chi connectivity index (χ0v) is 14.4. The van der Waals surface area contributed by atoms with Crippen molar-refractivity contribution in [2.24, 2.45) is 5.10 Å². The maximum Gasteiger partial charge on any atom is 0.416 e. The molecule has 3 aromatic rings. The first-order valence-electron chi connectivity index (χ1n) is 8.67. The number of anilines is 1. The Kier molecular flexibility index (Phi) is 4.44. The number of alkyl halides is 3. The zero-order chi connectivity index (χ0) is 18.9. The fourth-order valence-corrected chi connectivity index (χ4v) is 3.31. The summed E-state index contributed by atoms with van der Waals surface area (Å²) in [6.45, 7) is 0. The van der Waals surface area contributed by atoms with Gasteiger partial charge in [0.25, 0.3) is 0 Å². The van der Waals surface area contributed by atoms with Crippen LogP contribution in [0.25, 0.3) is 0 Å². The fourth-order valence-electron chi connectivity index (χ4n) is 3.31. The van der Waals surface area contributed by atoms with E-state index in [4.69, 9.17) is 5.10 Å². The molecule has 0 aliphatic carbocycles. The lowest BCUT2D eigenvalue weighted by Gasteiger charge is -2.23. The van der Waals surface area contributed by atoms with Crippen molar-refractivity contribution in [3.8, 4) is 0 Å². The quantitative estimate of drug-likeness (QED) is 0.550. The average molecular weight is 366 g/mol. The van der Waals surface area contributed by atoms with Crippen LogP contribution in [0.2, 0.25) is 0 Å². The maximum atomic E-state index is 13.1.